The van der Waals surface area contributed by atoms with Gasteiger partial charge in [0.15, 0.2) is 0 Å². The third-order valence-electron chi connectivity index (χ3n) is 3.92. The average molecular weight is 290 g/mol. The van der Waals surface area contributed by atoms with Crippen LogP contribution in [0.1, 0.15) is 36.8 Å². The molecule has 1 saturated carbocycles. The van der Waals surface area contributed by atoms with Crippen molar-refractivity contribution in [3.8, 4) is 0 Å². The molecule has 1 fully saturated rings. The lowest BCUT2D eigenvalue weighted by molar-refractivity contribution is -0.117. The lowest BCUT2D eigenvalue weighted by Crippen LogP contribution is -2.35. The summed E-state index contributed by atoms with van der Waals surface area (Å²) in [6.45, 7) is 5.64. The number of rotatable bonds is 8. The Hall–Kier alpha value is -1.39. The molecule has 0 aromatic heterocycles. The van der Waals surface area contributed by atoms with Crippen LogP contribution in [0.3, 0.4) is 0 Å². The number of aliphatic hydroxyl groups is 1. The van der Waals surface area contributed by atoms with Gasteiger partial charge < -0.3 is 10.4 Å². The Morgan fingerprint density at radius 2 is 2.10 bits per heavy atom. The van der Waals surface area contributed by atoms with E-state index in [9.17, 15) is 4.79 Å². The van der Waals surface area contributed by atoms with E-state index in [1.54, 1.807) is 0 Å². The SMILES string of the molecule is Cc1ccc(NC(=O)CN(CCCCO)C2CC2)c(C)c1. The molecule has 0 spiro atoms. The zero-order chi connectivity index (χ0) is 15.2. The summed E-state index contributed by atoms with van der Waals surface area (Å²) < 4.78 is 0. The molecular weight excluding hydrogens is 264 g/mol. The van der Waals surface area contributed by atoms with Gasteiger partial charge in [0.1, 0.15) is 0 Å². The summed E-state index contributed by atoms with van der Waals surface area (Å²) in [6.07, 6.45) is 4.14. The second-order valence-electron chi connectivity index (χ2n) is 6.00. The van der Waals surface area contributed by atoms with Gasteiger partial charge >= 0.3 is 0 Å². The molecule has 0 radical (unpaired) electrons. The van der Waals surface area contributed by atoms with Gasteiger partial charge in [-0.15, -0.1) is 0 Å². The number of unbranched alkanes of at least 4 members (excludes halogenated alkanes) is 1. The maximum atomic E-state index is 12.2. The molecule has 0 aliphatic heterocycles. The van der Waals surface area contributed by atoms with Crippen LogP contribution in [-0.2, 0) is 4.79 Å². The molecule has 0 heterocycles. The minimum Gasteiger partial charge on any atom is -0.396 e. The third kappa shape index (κ3) is 5.14. The Balaban J connectivity index is 1.86. The zero-order valence-electron chi connectivity index (χ0n) is 13.1. The molecule has 1 aliphatic rings. The first-order chi connectivity index (χ1) is 10.1. The lowest BCUT2D eigenvalue weighted by atomic mass is 10.1. The van der Waals surface area contributed by atoms with Gasteiger partial charge in [0.25, 0.3) is 0 Å². The predicted molar refractivity (Wildman–Crippen MR) is 85.5 cm³/mol. The van der Waals surface area contributed by atoms with Crippen LogP contribution in [0, 0.1) is 13.8 Å². The van der Waals surface area contributed by atoms with Crippen molar-refractivity contribution in [1.82, 2.24) is 4.90 Å². The fourth-order valence-electron chi connectivity index (χ4n) is 2.59. The highest BCUT2D eigenvalue weighted by molar-refractivity contribution is 5.93. The molecule has 0 unspecified atom stereocenters. The van der Waals surface area contributed by atoms with Crippen molar-refractivity contribution in [1.29, 1.82) is 0 Å². The first-order valence-electron chi connectivity index (χ1n) is 7.82. The highest BCUT2D eigenvalue weighted by Crippen LogP contribution is 2.27. The molecular formula is C17H26N2O2. The summed E-state index contributed by atoms with van der Waals surface area (Å²) in [6, 6.07) is 6.63. The van der Waals surface area contributed by atoms with Crippen molar-refractivity contribution >= 4 is 11.6 Å². The van der Waals surface area contributed by atoms with E-state index in [0.717, 1.165) is 30.6 Å². The van der Waals surface area contributed by atoms with E-state index >= 15 is 0 Å². The highest BCUT2D eigenvalue weighted by atomic mass is 16.2. The van der Waals surface area contributed by atoms with E-state index in [1.165, 1.54) is 18.4 Å². The Labute approximate surface area is 127 Å². The number of aliphatic hydroxyl groups excluding tert-OH is 1. The van der Waals surface area contributed by atoms with Crippen LogP contribution in [0.15, 0.2) is 18.2 Å². The predicted octanol–water partition coefficient (Wildman–Crippen LogP) is 2.48. The van der Waals surface area contributed by atoms with E-state index in [4.69, 9.17) is 5.11 Å². The van der Waals surface area contributed by atoms with Gasteiger partial charge in [-0.1, -0.05) is 17.7 Å². The quantitative estimate of drug-likeness (QED) is 0.723. The van der Waals surface area contributed by atoms with E-state index in [2.05, 4.69) is 23.2 Å². The van der Waals surface area contributed by atoms with Crippen LogP contribution in [0.5, 0.6) is 0 Å². The van der Waals surface area contributed by atoms with Crippen LogP contribution < -0.4 is 5.32 Å². The summed E-state index contributed by atoms with van der Waals surface area (Å²) in [5.41, 5.74) is 3.20. The van der Waals surface area contributed by atoms with Crippen molar-refractivity contribution < 1.29 is 9.90 Å². The van der Waals surface area contributed by atoms with Crippen molar-refractivity contribution in [2.45, 2.75) is 45.6 Å². The second kappa shape index (κ2) is 7.57. The highest BCUT2D eigenvalue weighted by Gasteiger charge is 2.29. The number of carbonyl (C=O) groups is 1. The van der Waals surface area contributed by atoms with Crippen LogP contribution in [0.4, 0.5) is 5.69 Å². The molecule has 1 aliphatic carbocycles. The molecule has 2 rings (SSSR count). The fraction of sp³-hybridized carbons (Fsp3) is 0.588. The second-order valence-corrected chi connectivity index (χ2v) is 6.00. The number of hydrogen-bond donors (Lipinski definition) is 2. The Kier molecular flexibility index (Phi) is 5.76. The summed E-state index contributed by atoms with van der Waals surface area (Å²) in [4.78, 5) is 14.5. The lowest BCUT2D eigenvalue weighted by Gasteiger charge is -2.21. The number of carbonyl (C=O) groups excluding carboxylic acids is 1. The van der Waals surface area contributed by atoms with Crippen molar-refractivity contribution in [3.63, 3.8) is 0 Å². The number of nitrogens with one attached hydrogen (secondary N) is 1. The summed E-state index contributed by atoms with van der Waals surface area (Å²) in [5.74, 6) is 0.0536. The zero-order valence-corrected chi connectivity index (χ0v) is 13.1. The monoisotopic (exact) mass is 290 g/mol. The van der Waals surface area contributed by atoms with Crippen LogP contribution in [-0.4, -0.2) is 41.7 Å². The Morgan fingerprint density at radius 3 is 2.71 bits per heavy atom. The van der Waals surface area contributed by atoms with Crippen LogP contribution in [0.25, 0.3) is 0 Å². The smallest absolute Gasteiger partial charge is 0.238 e. The molecule has 4 heteroatoms. The molecule has 21 heavy (non-hydrogen) atoms. The number of amides is 1. The van der Waals surface area contributed by atoms with Crippen molar-refractivity contribution in [3.05, 3.63) is 29.3 Å². The summed E-state index contributed by atoms with van der Waals surface area (Å²) >= 11 is 0. The molecule has 4 nitrogen and oxygen atoms in total. The maximum absolute atomic E-state index is 12.2. The first-order valence-corrected chi connectivity index (χ1v) is 7.82. The number of nitrogens with zero attached hydrogens (tertiary/aromatic N) is 1. The van der Waals surface area contributed by atoms with Gasteiger partial charge in [0.2, 0.25) is 5.91 Å². The number of aryl methyl sites for hydroxylation is 2. The molecule has 116 valence electrons. The van der Waals surface area contributed by atoms with Gasteiger partial charge in [0, 0.05) is 18.3 Å². The molecule has 1 aromatic carbocycles. The average Bonchev–Trinajstić information content (AvgIpc) is 3.25. The standard InChI is InChI=1S/C17H26N2O2/c1-13-5-8-16(14(2)11-13)18-17(21)12-19(15-6-7-15)9-3-4-10-20/h5,8,11,15,20H,3-4,6-7,9-10,12H2,1-2H3,(H,18,21). The molecule has 0 atom stereocenters. The number of hydrogen-bond acceptors (Lipinski definition) is 3. The van der Waals surface area contributed by atoms with Crippen molar-refractivity contribution in [2.24, 2.45) is 0 Å². The fourth-order valence-corrected chi connectivity index (χ4v) is 2.59. The van der Waals surface area contributed by atoms with E-state index in [-0.39, 0.29) is 12.5 Å². The molecule has 0 bridgehead atoms. The van der Waals surface area contributed by atoms with Gasteiger partial charge in [-0.25, -0.2) is 0 Å². The minimum atomic E-state index is 0.0536. The van der Waals surface area contributed by atoms with Crippen LogP contribution >= 0.6 is 0 Å². The molecule has 2 N–H and O–H groups in total. The van der Waals surface area contributed by atoms with E-state index in [0.29, 0.717) is 12.6 Å². The Bertz CT molecular complexity index is 484. The first kappa shape index (κ1) is 16.0. The molecule has 0 saturated heterocycles. The largest absolute Gasteiger partial charge is 0.396 e. The molecule has 1 amide bonds. The topological polar surface area (TPSA) is 52.6 Å². The van der Waals surface area contributed by atoms with Crippen molar-refractivity contribution in [2.75, 3.05) is 25.0 Å². The van der Waals surface area contributed by atoms with E-state index < -0.39 is 0 Å². The maximum Gasteiger partial charge on any atom is 0.238 e. The summed E-state index contributed by atoms with van der Waals surface area (Å²) in [7, 11) is 0. The van der Waals surface area contributed by atoms with Gasteiger partial charge in [-0.3, -0.25) is 9.69 Å². The van der Waals surface area contributed by atoms with Gasteiger partial charge in [-0.2, -0.15) is 0 Å². The van der Waals surface area contributed by atoms with Crippen LogP contribution in [0.2, 0.25) is 0 Å². The normalized spacial score (nSPS) is 14.5. The van der Waals surface area contributed by atoms with Gasteiger partial charge in [-0.05, 0) is 57.7 Å². The number of anilines is 1. The third-order valence-corrected chi connectivity index (χ3v) is 3.92. The summed E-state index contributed by atoms with van der Waals surface area (Å²) in [5, 5.41) is 11.9. The van der Waals surface area contributed by atoms with Gasteiger partial charge in [0.05, 0.1) is 6.54 Å². The van der Waals surface area contributed by atoms with E-state index in [1.807, 2.05) is 19.1 Å². The molecule has 1 aromatic rings. The Morgan fingerprint density at radius 1 is 1.33 bits per heavy atom. The number of benzene rings is 1. The minimum absolute atomic E-state index is 0.0536.